The minimum absolute atomic E-state index is 0.107. The van der Waals surface area contributed by atoms with Crippen LogP contribution in [-0.2, 0) is 19.1 Å². The third kappa shape index (κ3) is 31.5. The standard InChI is InChI=1S/C40H68O6/c1-4-36(3)30-26-22-18-14-12-13-17-21-25-29-33-40(44)46-38(34-41)35-45-39(43)32-28-24-20-16-11-9-7-6-8-10-15-19-23-27-31-37(42)5-2/h7-10,16,19-20,23,27,31,36-38,41-42H,4-6,11-15,17-18,21-22,24-26,28-30,32-35H2,1-3H3/b9-7-,10-8-,20-16-,23-19-,31-27+/t36?,37-,38-/m0/s1. The molecular formula is C40H68O6. The number of hydrogen-bond acceptors (Lipinski definition) is 6. The zero-order valence-corrected chi connectivity index (χ0v) is 29.6. The summed E-state index contributed by atoms with van der Waals surface area (Å²) in [6.45, 7) is 6.10. The molecule has 0 aliphatic heterocycles. The Morgan fingerprint density at radius 3 is 1.78 bits per heavy atom. The van der Waals surface area contributed by atoms with E-state index in [0.717, 1.165) is 57.3 Å². The number of unbranched alkanes of at least 4 members (excludes halogenated alkanes) is 10. The molecule has 264 valence electrons. The minimum Gasteiger partial charge on any atom is -0.462 e. The Labute approximate surface area is 282 Å². The van der Waals surface area contributed by atoms with Gasteiger partial charge in [-0.25, -0.2) is 0 Å². The lowest BCUT2D eigenvalue weighted by Gasteiger charge is -2.15. The summed E-state index contributed by atoms with van der Waals surface area (Å²) in [4.78, 5) is 24.2. The fourth-order valence-electron chi connectivity index (χ4n) is 4.69. The van der Waals surface area contributed by atoms with E-state index in [1.807, 2.05) is 19.1 Å². The van der Waals surface area contributed by atoms with E-state index < -0.39 is 6.10 Å². The topological polar surface area (TPSA) is 93.1 Å². The van der Waals surface area contributed by atoms with Gasteiger partial charge in [0.2, 0.25) is 0 Å². The largest absolute Gasteiger partial charge is 0.462 e. The van der Waals surface area contributed by atoms with Crippen molar-refractivity contribution in [2.45, 2.75) is 161 Å². The lowest BCUT2D eigenvalue weighted by Crippen LogP contribution is -2.28. The van der Waals surface area contributed by atoms with Crippen LogP contribution in [0, 0.1) is 5.92 Å². The lowest BCUT2D eigenvalue weighted by molar-refractivity contribution is -0.161. The van der Waals surface area contributed by atoms with Crippen molar-refractivity contribution in [2.24, 2.45) is 5.92 Å². The van der Waals surface area contributed by atoms with Crippen LogP contribution < -0.4 is 0 Å². The highest BCUT2D eigenvalue weighted by molar-refractivity contribution is 5.70. The van der Waals surface area contributed by atoms with Crippen LogP contribution in [0.5, 0.6) is 0 Å². The van der Waals surface area contributed by atoms with Crippen LogP contribution in [-0.4, -0.2) is 47.6 Å². The molecule has 0 saturated heterocycles. The third-order valence-corrected chi connectivity index (χ3v) is 8.02. The Morgan fingerprint density at radius 2 is 1.20 bits per heavy atom. The van der Waals surface area contributed by atoms with Gasteiger partial charge in [0.05, 0.1) is 12.7 Å². The molecule has 46 heavy (non-hydrogen) atoms. The monoisotopic (exact) mass is 645 g/mol. The van der Waals surface area contributed by atoms with Gasteiger partial charge in [0.15, 0.2) is 6.10 Å². The van der Waals surface area contributed by atoms with Crippen LogP contribution in [0.2, 0.25) is 0 Å². The van der Waals surface area contributed by atoms with Crippen molar-refractivity contribution in [1.82, 2.24) is 0 Å². The number of aliphatic hydroxyl groups is 2. The van der Waals surface area contributed by atoms with E-state index >= 15 is 0 Å². The Hall–Kier alpha value is -2.44. The lowest BCUT2D eigenvalue weighted by atomic mass is 9.99. The van der Waals surface area contributed by atoms with Crippen molar-refractivity contribution >= 4 is 11.9 Å². The predicted molar refractivity (Wildman–Crippen MR) is 192 cm³/mol. The summed E-state index contributed by atoms with van der Waals surface area (Å²) in [5, 5.41) is 19.0. The number of ether oxygens (including phenoxy) is 2. The Balaban J connectivity index is 3.73. The summed E-state index contributed by atoms with van der Waals surface area (Å²) in [6.07, 6.45) is 39.4. The normalized spacial score (nSPS) is 14.3. The van der Waals surface area contributed by atoms with Gasteiger partial charge in [-0.1, -0.05) is 152 Å². The molecule has 0 bridgehead atoms. The molecule has 0 spiro atoms. The molecule has 0 saturated carbocycles. The van der Waals surface area contributed by atoms with Crippen molar-refractivity contribution in [3.8, 4) is 0 Å². The molecule has 0 aromatic rings. The van der Waals surface area contributed by atoms with E-state index in [4.69, 9.17) is 9.47 Å². The molecule has 3 atom stereocenters. The Morgan fingerprint density at radius 1 is 0.652 bits per heavy atom. The van der Waals surface area contributed by atoms with E-state index in [9.17, 15) is 19.8 Å². The van der Waals surface area contributed by atoms with Crippen molar-refractivity contribution < 1.29 is 29.3 Å². The van der Waals surface area contributed by atoms with Gasteiger partial charge >= 0.3 is 11.9 Å². The van der Waals surface area contributed by atoms with Crippen molar-refractivity contribution in [3.63, 3.8) is 0 Å². The average Bonchev–Trinajstić information content (AvgIpc) is 3.06. The average molecular weight is 645 g/mol. The predicted octanol–water partition coefficient (Wildman–Crippen LogP) is 10.1. The van der Waals surface area contributed by atoms with Gasteiger partial charge in [0.1, 0.15) is 6.61 Å². The molecule has 0 aromatic heterocycles. The van der Waals surface area contributed by atoms with Crippen LogP contribution in [0.25, 0.3) is 0 Å². The molecule has 6 heteroatoms. The molecule has 0 radical (unpaired) electrons. The van der Waals surface area contributed by atoms with Gasteiger partial charge in [-0.15, -0.1) is 0 Å². The van der Waals surface area contributed by atoms with Crippen LogP contribution in [0.15, 0.2) is 60.8 Å². The van der Waals surface area contributed by atoms with Gasteiger partial charge in [-0.2, -0.15) is 0 Å². The fraction of sp³-hybridized carbons (Fsp3) is 0.700. The molecule has 6 nitrogen and oxygen atoms in total. The number of aliphatic hydroxyl groups excluding tert-OH is 2. The van der Waals surface area contributed by atoms with Gasteiger partial charge in [0, 0.05) is 12.8 Å². The van der Waals surface area contributed by atoms with Gasteiger partial charge in [-0.3, -0.25) is 9.59 Å². The van der Waals surface area contributed by atoms with E-state index in [1.54, 1.807) is 6.08 Å². The van der Waals surface area contributed by atoms with E-state index in [2.05, 4.69) is 56.4 Å². The second-order valence-electron chi connectivity index (χ2n) is 12.4. The van der Waals surface area contributed by atoms with Gasteiger partial charge in [0.25, 0.3) is 0 Å². The second kappa shape index (κ2) is 33.9. The second-order valence-corrected chi connectivity index (χ2v) is 12.4. The first kappa shape index (κ1) is 43.6. The minimum atomic E-state index is -0.803. The summed E-state index contributed by atoms with van der Waals surface area (Å²) in [5.41, 5.74) is 0. The SMILES string of the molecule is CCC(C)CCCCCCCCCCCCC(=O)O[C@@H](CO)COC(=O)CCC/C=C\C/C=C\C/C=C\C/C=C\C=C\[C@@H](O)CC. The first-order valence-electron chi connectivity index (χ1n) is 18.3. The highest BCUT2D eigenvalue weighted by Gasteiger charge is 2.16. The Bertz CT molecular complexity index is 856. The number of rotatable bonds is 31. The highest BCUT2D eigenvalue weighted by atomic mass is 16.6. The zero-order chi connectivity index (χ0) is 33.9. The quantitative estimate of drug-likeness (QED) is 0.0338. The summed E-state index contributed by atoms with van der Waals surface area (Å²) >= 11 is 0. The van der Waals surface area contributed by atoms with Crippen LogP contribution >= 0.6 is 0 Å². The molecule has 1 unspecified atom stereocenters. The molecule has 0 heterocycles. The molecule has 0 aliphatic carbocycles. The number of hydrogen-bond donors (Lipinski definition) is 2. The maximum atomic E-state index is 12.1. The molecule has 0 rings (SSSR count). The first-order valence-corrected chi connectivity index (χ1v) is 18.3. The smallest absolute Gasteiger partial charge is 0.306 e. The summed E-state index contributed by atoms with van der Waals surface area (Å²) < 4.78 is 10.5. The summed E-state index contributed by atoms with van der Waals surface area (Å²) in [5.74, 6) is 0.185. The van der Waals surface area contributed by atoms with Crippen LogP contribution in [0.4, 0.5) is 0 Å². The van der Waals surface area contributed by atoms with Gasteiger partial charge < -0.3 is 19.7 Å². The van der Waals surface area contributed by atoms with Crippen molar-refractivity contribution in [3.05, 3.63) is 60.8 Å². The molecule has 0 fully saturated rings. The summed E-state index contributed by atoms with van der Waals surface area (Å²) in [7, 11) is 0. The zero-order valence-electron chi connectivity index (χ0n) is 29.6. The number of allylic oxidation sites excluding steroid dienone is 9. The molecular weight excluding hydrogens is 576 g/mol. The molecule has 0 amide bonds. The molecule has 0 aliphatic rings. The maximum Gasteiger partial charge on any atom is 0.306 e. The number of esters is 2. The van der Waals surface area contributed by atoms with Crippen LogP contribution in [0.3, 0.4) is 0 Å². The van der Waals surface area contributed by atoms with E-state index in [1.165, 1.54) is 57.8 Å². The van der Waals surface area contributed by atoms with Crippen LogP contribution in [0.1, 0.15) is 149 Å². The highest BCUT2D eigenvalue weighted by Crippen LogP contribution is 2.15. The van der Waals surface area contributed by atoms with E-state index in [-0.39, 0.29) is 31.3 Å². The first-order chi connectivity index (χ1) is 22.4. The number of carbonyl (C=O) groups excluding carboxylic acids is 2. The fourth-order valence-corrected chi connectivity index (χ4v) is 4.69. The van der Waals surface area contributed by atoms with E-state index in [0.29, 0.717) is 19.3 Å². The van der Waals surface area contributed by atoms with Gasteiger partial charge in [-0.05, 0) is 50.9 Å². The van der Waals surface area contributed by atoms with Crippen molar-refractivity contribution in [2.75, 3.05) is 13.2 Å². The van der Waals surface area contributed by atoms with Crippen molar-refractivity contribution in [1.29, 1.82) is 0 Å². The molecule has 2 N–H and O–H groups in total. The number of carbonyl (C=O) groups is 2. The molecule has 0 aromatic carbocycles. The third-order valence-electron chi connectivity index (χ3n) is 8.02. The summed E-state index contributed by atoms with van der Waals surface area (Å²) in [6, 6.07) is 0. The Kier molecular flexibility index (Phi) is 32.1. The maximum absolute atomic E-state index is 12.1.